The molecule has 0 radical (unpaired) electrons. The average molecular weight is 1340 g/mol. The molecule has 0 bridgehead atoms. The van der Waals surface area contributed by atoms with Crippen molar-refractivity contribution in [3.8, 4) is 0 Å². The summed E-state index contributed by atoms with van der Waals surface area (Å²) in [5, 5.41) is 87.8. The fraction of sp³-hybridized carbons (Fsp3) is 0.963. The zero-order chi connectivity index (χ0) is 68.0. The molecule has 9 N–H and O–H groups in total. The van der Waals surface area contributed by atoms with E-state index in [1.807, 2.05) is 0 Å². The van der Waals surface area contributed by atoms with Gasteiger partial charge in [0.2, 0.25) is 5.91 Å². The van der Waals surface area contributed by atoms with Crippen LogP contribution in [0.4, 0.5) is 0 Å². The van der Waals surface area contributed by atoms with Crippen LogP contribution in [0.25, 0.3) is 0 Å². The molecule has 0 aliphatic carbocycles. The molecule has 14 nitrogen and oxygen atoms in total. The number of aliphatic hydroxyl groups excluding tert-OH is 8. The predicted octanol–water partition coefficient (Wildman–Crippen LogP) is 18.5. The lowest BCUT2D eigenvalue weighted by molar-refractivity contribution is -0.359. The number of hydrogen-bond acceptors (Lipinski definition) is 13. The fourth-order valence-electron chi connectivity index (χ4n) is 14.0. The molecule has 0 aromatic rings. The number of carbonyl (C=O) groups excluding carboxylic acids is 1. The van der Waals surface area contributed by atoms with Crippen molar-refractivity contribution in [1.82, 2.24) is 5.32 Å². The van der Waals surface area contributed by atoms with E-state index >= 15 is 0 Å². The Balaban J connectivity index is 1.57. The lowest BCUT2D eigenvalue weighted by atomic mass is 9.97. The highest BCUT2D eigenvalue weighted by Crippen LogP contribution is 2.31. The van der Waals surface area contributed by atoms with E-state index in [9.17, 15) is 45.6 Å². The number of hydrogen-bond donors (Lipinski definition) is 9. The van der Waals surface area contributed by atoms with Gasteiger partial charge in [-0.3, -0.25) is 4.79 Å². The van der Waals surface area contributed by atoms with Crippen molar-refractivity contribution in [2.75, 3.05) is 19.8 Å². The van der Waals surface area contributed by atoms with Gasteiger partial charge in [0.15, 0.2) is 12.6 Å². The SMILES string of the molecule is CCCCCCCCCC/C=C\CCCCCCCCCCCCCCCCCCCCCCCCCCCC(=O)NC(COC1OC(CO)C(OC2OC(CO)C(O)C(O)C2O)C(O)C1O)C(O)CCCCCCCCCCCCCCCCCCCCCCCCC. The summed E-state index contributed by atoms with van der Waals surface area (Å²) in [5.74, 6) is -0.196. The van der Waals surface area contributed by atoms with Crippen molar-refractivity contribution in [3.05, 3.63) is 12.2 Å². The second-order valence-corrected chi connectivity index (χ2v) is 29.3. The highest BCUT2D eigenvalue weighted by molar-refractivity contribution is 5.76. The molecule has 14 heteroatoms. The Bertz CT molecular complexity index is 1620. The maximum absolute atomic E-state index is 13.4. The van der Waals surface area contributed by atoms with E-state index < -0.39 is 86.8 Å². The van der Waals surface area contributed by atoms with Gasteiger partial charge in [-0.1, -0.05) is 366 Å². The molecule has 94 heavy (non-hydrogen) atoms. The Morgan fingerprint density at radius 3 is 1.01 bits per heavy atom. The van der Waals surface area contributed by atoms with Gasteiger partial charge in [0.05, 0.1) is 32.0 Å². The van der Waals surface area contributed by atoms with Crippen molar-refractivity contribution in [2.45, 2.75) is 473 Å². The maximum Gasteiger partial charge on any atom is 0.220 e. The minimum absolute atomic E-state index is 0.196. The van der Waals surface area contributed by atoms with Gasteiger partial charge >= 0.3 is 0 Å². The maximum atomic E-state index is 13.4. The molecular weight excluding hydrogens is 1180 g/mol. The Labute approximate surface area is 577 Å². The van der Waals surface area contributed by atoms with Crippen molar-refractivity contribution in [2.24, 2.45) is 0 Å². The first-order chi connectivity index (χ1) is 46.1. The van der Waals surface area contributed by atoms with Crippen LogP contribution in [0.2, 0.25) is 0 Å². The summed E-state index contributed by atoms with van der Waals surface area (Å²) in [6.07, 6.45) is 65.5. The number of nitrogens with one attached hydrogen (secondary N) is 1. The number of amides is 1. The Morgan fingerprint density at radius 2 is 0.670 bits per heavy atom. The van der Waals surface area contributed by atoms with Gasteiger partial charge in [-0.25, -0.2) is 0 Å². The second-order valence-electron chi connectivity index (χ2n) is 29.3. The van der Waals surface area contributed by atoms with E-state index in [1.54, 1.807) is 0 Å². The lowest BCUT2D eigenvalue weighted by Crippen LogP contribution is -2.65. The lowest BCUT2D eigenvalue weighted by Gasteiger charge is -2.46. The molecule has 2 aliphatic rings. The van der Waals surface area contributed by atoms with Crippen molar-refractivity contribution in [1.29, 1.82) is 0 Å². The van der Waals surface area contributed by atoms with Gasteiger partial charge in [0, 0.05) is 6.42 Å². The molecule has 1 amide bonds. The Hall–Kier alpha value is -1.27. The third kappa shape index (κ3) is 47.7. The predicted molar refractivity (Wildman–Crippen MR) is 388 cm³/mol. The summed E-state index contributed by atoms with van der Waals surface area (Å²) >= 11 is 0. The molecule has 2 rings (SSSR count). The molecule has 0 saturated carbocycles. The van der Waals surface area contributed by atoms with Gasteiger partial charge in [0.25, 0.3) is 0 Å². The van der Waals surface area contributed by atoms with E-state index in [0.717, 1.165) is 51.4 Å². The molecule has 558 valence electrons. The van der Waals surface area contributed by atoms with Crippen LogP contribution in [0.15, 0.2) is 12.2 Å². The first-order valence-electron chi connectivity index (χ1n) is 40.9. The molecular formula is C80H155NO13. The number of unbranched alkanes of at least 4 members (excludes halogenated alkanes) is 55. The number of ether oxygens (including phenoxy) is 4. The topological polar surface area (TPSA) is 228 Å². The van der Waals surface area contributed by atoms with E-state index in [0.29, 0.717) is 12.8 Å². The van der Waals surface area contributed by atoms with Crippen LogP contribution in [-0.4, -0.2) is 140 Å². The minimum Gasteiger partial charge on any atom is -0.394 e. The average Bonchev–Trinajstić information content (AvgIpc) is 0.794. The summed E-state index contributed by atoms with van der Waals surface area (Å²) in [7, 11) is 0. The Kier molecular flexibility index (Phi) is 61.5. The van der Waals surface area contributed by atoms with Crippen LogP contribution in [0.1, 0.15) is 399 Å². The molecule has 12 atom stereocenters. The monoisotopic (exact) mass is 1340 g/mol. The minimum atomic E-state index is -1.78. The van der Waals surface area contributed by atoms with Gasteiger partial charge in [-0.05, 0) is 38.5 Å². The molecule has 2 heterocycles. The largest absolute Gasteiger partial charge is 0.394 e. The van der Waals surface area contributed by atoms with Crippen LogP contribution in [0.5, 0.6) is 0 Å². The zero-order valence-corrected chi connectivity index (χ0v) is 61.2. The molecule has 2 saturated heterocycles. The molecule has 2 aliphatic heterocycles. The van der Waals surface area contributed by atoms with Crippen LogP contribution in [0, 0.1) is 0 Å². The fourth-order valence-corrected chi connectivity index (χ4v) is 14.0. The Morgan fingerprint density at radius 1 is 0.372 bits per heavy atom. The molecule has 0 aromatic carbocycles. The molecule has 12 unspecified atom stereocenters. The van der Waals surface area contributed by atoms with E-state index in [1.165, 1.54) is 321 Å². The highest BCUT2D eigenvalue weighted by atomic mass is 16.7. The van der Waals surface area contributed by atoms with Crippen LogP contribution < -0.4 is 5.32 Å². The number of rotatable bonds is 70. The first-order valence-corrected chi connectivity index (χ1v) is 40.9. The number of carbonyl (C=O) groups is 1. The number of allylic oxidation sites excluding steroid dienone is 2. The summed E-state index contributed by atoms with van der Waals surface area (Å²) in [5.41, 5.74) is 0. The normalized spacial score (nSPS) is 22.4. The smallest absolute Gasteiger partial charge is 0.220 e. The highest BCUT2D eigenvalue weighted by Gasteiger charge is 2.51. The van der Waals surface area contributed by atoms with Crippen molar-refractivity contribution < 1.29 is 64.6 Å². The van der Waals surface area contributed by atoms with Gasteiger partial charge in [-0.15, -0.1) is 0 Å². The quantitative estimate of drug-likeness (QED) is 0.0204. The van der Waals surface area contributed by atoms with Crippen molar-refractivity contribution >= 4 is 5.91 Å². The molecule has 0 spiro atoms. The van der Waals surface area contributed by atoms with E-state index in [4.69, 9.17) is 18.9 Å². The molecule has 0 aromatic heterocycles. The summed E-state index contributed by atoms with van der Waals surface area (Å²) < 4.78 is 23.0. The third-order valence-electron chi connectivity index (χ3n) is 20.5. The zero-order valence-electron chi connectivity index (χ0n) is 61.2. The van der Waals surface area contributed by atoms with Crippen molar-refractivity contribution in [3.63, 3.8) is 0 Å². The second kappa shape index (κ2) is 65.1. The summed E-state index contributed by atoms with van der Waals surface area (Å²) in [6.45, 7) is 2.94. The van der Waals surface area contributed by atoms with Gasteiger partial charge in [0.1, 0.15) is 48.8 Å². The third-order valence-corrected chi connectivity index (χ3v) is 20.5. The van der Waals surface area contributed by atoms with Gasteiger partial charge < -0.3 is 65.1 Å². The van der Waals surface area contributed by atoms with Gasteiger partial charge in [-0.2, -0.15) is 0 Å². The molecule has 2 fully saturated rings. The summed E-state index contributed by atoms with van der Waals surface area (Å²) in [4.78, 5) is 13.4. The standard InChI is InChI=1S/C80H155NO13/c1-3-5-7-9-11-13-15-17-19-21-23-25-27-28-29-30-31-32-33-34-35-36-37-38-39-40-42-44-46-48-50-52-54-56-58-60-62-64-72(85)81-68(67-91-79-77(90)75(88)78(71(66-83)93-79)94-80-76(89)74(87)73(86)70(65-82)92-80)69(84)63-61-59-57-55-53-51-49-47-45-43-41-26-24-22-20-18-16-14-12-10-8-6-4-2/h21,23,68-71,73-80,82-84,86-90H,3-20,22,24-67H2,1-2H3,(H,81,85)/b23-21-. The van der Waals surface area contributed by atoms with Crippen LogP contribution in [0.3, 0.4) is 0 Å². The number of aliphatic hydroxyl groups is 8. The van der Waals surface area contributed by atoms with E-state index in [-0.39, 0.29) is 12.5 Å². The summed E-state index contributed by atoms with van der Waals surface area (Å²) in [6, 6.07) is -0.826. The first kappa shape index (κ1) is 88.8. The van der Waals surface area contributed by atoms with E-state index in [2.05, 4.69) is 31.3 Å². The van der Waals surface area contributed by atoms with Crippen LogP contribution >= 0.6 is 0 Å². The van der Waals surface area contributed by atoms with Crippen LogP contribution in [-0.2, 0) is 23.7 Å².